The van der Waals surface area contributed by atoms with Crippen LogP contribution in [0.3, 0.4) is 0 Å². The molecule has 4 heterocycles. The number of anilines is 1. The van der Waals surface area contributed by atoms with Crippen molar-refractivity contribution >= 4 is 28.7 Å². The number of aromatic amines is 2. The lowest BCUT2D eigenvalue weighted by Gasteiger charge is -2.37. The maximum absolute atomic E-state index is 11.5. The van der Waals surface area contributed by atoms with Crippen molar-refractivity contribution in [3.8, 4) is 5.75 Å². The molecule has 0 bridgehead atoms. The highest BCUT2D eigenvalue weighted by molar-refractivity contribution is 7.99. The number of H-pyrrole nitrogens is 2. The lowest BCUT2D eigenvalue weighted by atomic mass is 9.91. The van der Waals surface area contributed by atoms with Crippen molar-refractivity contribution in [3.63, 3.8) is 0 Å². The maximum Gasteiger partial charge on any atom is 0.291 e. The van der Waals surface area contributed by atoms with Gasteiger partial charge in [-0.05, 0) is 25.8 Å². The third-order valence-corrected chi connectivity index (χ3v) is 5.59. The average molecular weight is 373 g/mol. The Kier molecular flexibility index (Phi) is 4.08. The van der Waals surface area contributed by atoms with E-state index >= 15 is 0 Å². The van der Waals surface area contributed by atoms with Gasteiger partial charge in [-0.15, -0.1) is 0 Å². The molecule has 0 saturated carbocycles. The average Bonchev–Trinajstić information content (AvgIpc) is 3.01. The second-order valence-corrected chi connectivity index (χ2v) is 7.75. The number of pyridine rings is 1. The summed E-state index contributed by atoms with van der Waals surface area (Å²) in [4.78, 5) is 25.6. The lowest BCUT2D eigenvalue weighted by molar-refractivity contribution is 0.363. The summed E-state index contributed by atoms with van der Waals surface area (Å²) in [6.07, 6.45) is 5.00. The van der Waals surface area contributed by atoms with E-state index in [-0.39, 0.29) is 11.3 Å². The van der Waals surface area contributed by atoms with Crippen LogP contribution >= 0.6 is 11.8 Å². The minimum atomic E-state index is -0.541. The number of fused-ring (bicyclic) bond motifs is 1. The Hall–Kier alpha value is -2.59. The Morgan fingerprint density at radius 3 is 2.92 bits per heavy atom. The Morgan fingerprint density at radius 2 is 2.15 bits per heavy atom. The van der Waals surface area contributed by atoms with Crippen molar-refractivity contribution in [1.29, 1.82) is 0 Å². The Labute approximate surface area is 153 Å². The molecule has 0 spiro atoms. The molecular formula is C16H19N7O2S. The molecular weight excluding hydrogens is 354 g/mol. The zero-order valence-corrected chi connectivity index (χ0v) is 15.0. The Bertz CT molecular complexity index is 1000. The first-order chi connectivity index (χ1) is 12.4. The van der Waals surface area contributed by atoms with Crippen LogP contribution in [0, 0.1) is 0 Å². The zero-order chi connectivity index (χ0) is 18.3. The first-order valence-corrected chi connectivity index (χ1v) is 9.08. The van der Waals surface area contributed by atoms with Gasteiger partial charge in [-0.1, -0.05) is 11.8 Å². The van der Waals surface area contributed by atoms with Crippen LogP contribution in [0.15, 0.2) is 33.2 Å². The van der Waals surface area contributed by atoms with E-state index < -0.39 is 5.56 Å². The summed E-state index contributed by atoms with van der Waals surface area (Å²) >= 11 is 1.16. The SMILES string of the molecule is CC1(N)CCN(c2cnc3c(Sc4cc[nH]c(=O)c4O)n[nH]c3n2)CC1. The molecule has 1 aliphatic rings. The molecule has 0 amide bonds. The lowest BCUT2D eigenvalue weighted by Crippen LogP contribution is -2.48. The highest BCUT2D eigenvalue weighted by atomic mass is 32.2. The van der Waals surface area contributed by atoms with Crippen LogP contribution in [0.4, 0.5) is 5.82 Å². The van der Waals surface area contributed by atoms with Gasteiger partial charge in [-0.3, -0.25) is 9.89 Å². The van der Waals surface area contributed by atoms with Crippen LogP contribution in [0.5, 0.6) is 5.75 Å². The van der Waals surface area contributed by atoms with E-state index in [0.29, 0.717) is 21.1 Å². The fraction of sp³-hybridized carbons (Fsp3) is 0.375. The largest absolute Gasteiger partial charge is 0.502 e. The molecule has 0 aromatic carbocycles. The minimum Gasteiger partial charge on any atom is -0.502 e. The highest BCUT2D eigenvalue weighted by Crippen LogP contribution is 2.34. The minimum absolute atomic E-state index is 0.124. The number of nitrogens with zero attached hydrogens (tertiary/aromatic N) is 4. The van der Waals surface area contributed by atoms with Crippen LogP contribution in [0.25, 0.3) is 11.2 Å². The van der Waals surface area contributed by atoms with Gasteiger partial charge in [0, 0.05) is 24.8 Å². The molecule has 1 saturated heterocycles. The van der Waals surface area contributed by atoms with Crippen molar-refractivity contribution in [2.75, 3.05) is 18.0 Å². The third kappa shape index (κ3) is 3.13. The molecule has 1 aliphatic heterocycles. The van der Waals surface area contributed by atoms with E-state index in [4.69, 9.17) is 5.73 Å². The van der Waals surface area contributed by atoms with Gasteiger partial charge in [0.25, 0.3) is 5.56 Å². The normalized spacial score (nSPS) is 16.9. The highest BCUT2D eigenvalue weighted by Gasteiger charge is 2.27. The molecule has 1 fully saturated rings. The predicted molar refractivity (Wildman–Crippen MR) is 98.6 cm³/mol. The first-order valence-electron chi connectivity index (χ1n) is 8.26. The summed E-state index contributed by atoms with van der Waals surface area (Å²) in [6.45, 7) is 3.74. The van der Waals surface area contributed by atoms with Crippen molar-refractivity contribution in [2.45, 2.75) is 35.2 Å². The standard InChI is InChI=1S/C16H19N7O2S/c1-16(17)3-6-23(7-4-16)10-8-19-11-13(20-10)21-22-15(11)26-9-2-5-18-14(25)12(9)24/h2,5,8,24H,3-4,6-7,17H2,1H3,(H,18,25)(H,20,21,22). The zero-order valence-electron chi connectivity index (χ0n) is 14.2. The van der Waals surface area contributed by atoms with E-state index in [1.807, 2.05) is 0 Å². The number of hydrogen-bond acceptors (Lipinski definition) is 8. The van der Waals surface area contributed by atoms with E-state index in [1.165, 1.54) is 6.20 Å². The molecule has 0 aliphatic carbocycles. The molecule has 0 radical (unpaired) electrons. The molecule has 9 nitrogen and oxygen atoms in total. The number of rotatable bonds is 3. The summed E-state index contributed by atoms with van der Waals surface area (Å²) in [7, 11) is 0. The molecule has 0 unspecified atom stereocenters. The Balaban J connectivity index is 1.60. The van der Waals surface area contributed by atoms with Crippen molar-refractivity contribution in [1.82, 2.24) is 25.1 Å². The van der Waals surface area contributed by atoms with Gasteiger partial charge in [0.15, 0.2) is 16.4 Å². The number of hydrogen-bond donors (Lipinski definition) is 4. The van der Waals surface area contributed by atoms with Gasteiger partial charge in [0.2, 0.25) is 0 Å². The molecule has 136 valence electrons. The molecule has 4 rings (SSSR count). The molecule has 3 aromatic rings. The van der Waals surface area contributed by atoms with Gasteiger partial charge >= 0.3 is 0 Å². The second kappa shape index (κ2) is 6.29. The smallest absolute Gasteiger partial charge is 0.291 e. The van der Waals surface area contributed by atoms with Crippen molar-refractivity contribution < 1.29 is 5.11 Å². The van der Waals surface area contributed by atoms with Gasteiger partial charge in [-0.2, -0.15) is 5.10 Å². The summed E-state index contributed by atoms with van der Waals surface area (Å²) in [5.74, 6) is 0.448. The van der Waals surface area contributed by atoms with Gasteiger partial charge in [0.1, 0.15) is 11.3 Å². The fourth-order valence-corrected chi connectivity index (χ4v) is 3.75. The van der Waals surface area contributed by atoms with Crippen LogP contribution < -0.4 is 16.2 Å². The van der Waals surface area contributed by atoms with Crippen LogP contribution in [0.1, 0.15) is 19.8 Å². The van der Waals surface area contributed by atoms with Crippen molar-refractivity contribution in [2.24, 2.45) is 5.73 Å². The Morgan fingerprint density at radius 1 is 1.38 bits per heavy atom. The summed E-state index contributed by atoms with van der Waals surface area (Å²) in [6, 6.07) is 1.61. The van der Waals surface area contributed by atoms with Crippen LogP contribution in [-0.4, -0.2) is 48.9 Å². The van der Waals surface area contributed by atoms with E-state index in [2.05, 4.69) is 37.0 Å². The number of aromatic nitrogens is 5. The van der Waals surface area contributed by atoms with E-state index in [0.717, 1.165) is 43.5 Å². The van der Waals surface area contributed by atoms with Crippen LogP contribution in [-0.2, 0) is 0 Å². The number of nitrogens with two attached hydrogens (primary N) is 1. The first kappa shape index (κ1) is 16.9. The molecule has 5 N–H and O–H groups in total. The van der Waals surface area contributed by atoms with Gasteiger partial charge in [-0.25, -0.2) is 9.97 Å². The number of aromatic hydroxyl groups is 1. The van der Waals surface area contributed by atoms with E-state index in [9.17, 15) is 9.90 Å². The molecule has 10 heteroatoms. The number of piperidine rings is 1. The topological polar surface area (TPSA) is 137 Å². The summed E-state index contributed by atoms with van der Waals surface area (Å²) < 4.78 is 0. The summed E-state index contributed by atoms with van der Waals surface area (Å²) in [5.41, 5.74) is 6.68. The maximum atomic E-state index is 11.5. The summed E-state index contributed by atoms with van der Waals surface area (Å²) in [5, 5.41) is 17.5. The predicted octanol–water partition coefficient (Wildman–Crippen LogP) is 1.22. The van der Waals surface area contributed by atoms with Gasteiger partial charge in [0.05, 0.1) is 11.1 Å². The molecule has 3 aromatic heterocycles. The third-order valence-electron chi connectivity index (χ3n) is 4.56. The quantitative estimate of drug-likeness (QED) is 0.538. The van der Waals surface area contributed by atoms with Crippen LogP contribution in [0.2, 0.25) is 0 Å². The number of nitrogens with one attached hydrogen (secondary N) is 2. The monoisotopic (exact) mass is 373 g/mol. The van der Waals surface area contributed by atoms with E-state index in [1.54, 1.807) is 12.3 Å². The van der Waals surface area contributed by atoms with Gasteiger partial charge < -0.3 is 20.7 Å². The van der Waals surface area contributed by atoms with Crippen molar-refractivity contribution in [3.05, 3.63) is 28.8 Å². The molecule has 26 heavy (non-hydrogen) atoms. The molecule has 0 atom stereocenters. The second-order valence-electron chi connectivity index (χ2n) is 6.72. The fourth-order valence-electron chi connectivity index (χ4n) is 2.88.